The molecule has 1 aliphatic heterocycles. The molecule has 0 unspecified atom stereocenters. The molecule has 46 heavy (non-hydrogen) atoms. The summed E-state index contributed by atoms with van der Waals surface area (Å²) in [7, 11) is 0. The maximum absolute atomic E-state index is 12.0. The van der Waals surface area contributed by atoms with Crippen molar-refractivity contribution in [2.45, 2.75) is 88.3 Å². The van der Waals surface area contributed by atoms with E-state index in [4.69, 9.17) is 21.9 Å². The van der Waals surface area contributed by atoms with E-state index >= 15 is 0 Å². The van der Waals surface area contributed by atoms with Crippen LogP contribution in [0.2, 0.25) is 0 Å². The van der Waals surface area contributed by atoms with Crippen molar-refractivity contribution >= 4 is 34.8 Å². The number of guanidine groups is 1. The number of rotatable bonds is 20. The molecule has 2 heterocycles. The molecule has 0 amide bonds. The summed E-state index contributed by atoms with van der Waals surface area (Å²) in [5.74, 6) is 0.140. The Labute approximate surface area is 271 Å². The normalized spacial score (nSPS) is 17.8. The van der Waals surface area contributed by atoms with Gasteiger partial charge in [0.25, 0.3) is 0 Å². The number of carboxylic acid groups (broad SMARTS) is 1. The molecule has 10 nitrogen and oxygen atoms in total. The van der Waals surface area contributed by atoms with Crippen LogP contribution >= 0.6 is 0 Å². The van der Waals surface area contributed by atoms with E-state index in [0.717, 1.165) is 44.8 Å². The molecule has 0 fully saturated rings. The highest BCUT2D eigenvalue weighted by Gasteiger charge is 2.25. The average molecular weight is 630 g/mol. The molecule has 4 rings (SSSR count). The summed E-state index contributed by atoms with van der Waals surface area (Å²) in [6.45, 7) is 0.615. The van der Waals surface area contributed by atoms with E-state index in [-0.39, 0.29) is 36.6 Å². The fourth-order valence-corrected chi connectivity index (χ4v) is 6.44. The number of aliphatic hydroxyl groups is 1. The minimum Gasteiger partial charge on any atom is -0.478 e. The largest absolute Gasteiger partial charge is 0.478 e. The molecule has 1 aromatic heterocycles. The molecule has 0 spiro atoms. The van der Waals surface area contributed by atoms with Gasteiger partial charge in [0.05, 0.1) is 6.04 Å². The summed E-state index contributed by atoms with van der Waals surface area (Å²) in [6, 6.07) is 18.1. The minimum atomic E-state index is -1.02. The van der Waals surface area contributed by atoms with Crippen LogP contribution in [0.4, 0.5) is 5.82 Å². The van der Waals surface area contributed by atoms with Gasteiger partial charge in [-0.05, 0) is 91.7 Å². The van der Waals surface area contributed by atoms with E-state index in [2.05, 4.69) is 45.6 Å². The van der Waals surface area contributed by atoms with Crippen LogP contribution in [0.3, 0.4) is 0 Å². The number of carbonyl (C=O) groups excluding carboxylic acids is 1. The molecule has 0 aliphatic carbocycles. The summed E-state index contributed by atoms with van der Waals surface area (Å²) in [6.07, 6.45) is 11.7. The third-order valence-electron chi connectivity index (χ3n) is 8.97. The third-order valence-corrected chi connectivity index (χ3v) is 8.97. The third kappa shape index (κ3) is 10.7. The molecule has 0 radical (unpaired) electrons. The number of nitrogens with two attached hydrogens (primary N) is 2. The van der Waals surface area contributed by atoms with Crippen LogP contribution < -0.4 is 16.8 Å². The van der Waals surface area contributed by atoms with Gasteiger partial charge in [0.1, 0.15) is 6.29 Å². The number of carboxylic acids is 1. The number of aromatic nitrogens is 1. The average Bonchev–Trinajstić information content (AvgIpc) is 3.57. The Balaban J connectivity index is 1.51. The van der Waals surface area contributed by atoms with Crippen molar-refractivity contribution in [1.82, 2.24) is 10.3 Å². The number of H-pyrrole nitrogens is 1. The lowest BCUT2D eigenvalue weighted by Gasteiger charge is -2.35. The van der Waals surface area contributed by atoms with E-state index in [9.17, 15) is 14.7 Å². The number of nitrogens with zero attached hydrogens (tertiary/aromatic N) is 2. The van der Waals surface area contributed by atoms with Gasteiger partial charge < -0.3 is 42.1 Å². The number of carbonyl (C=O) groups is 2. The number of aromatic amines is 1. The lowest BCUT2D eigenvalue weighted by atomic mass is 9.84. The molecule has 2 aromatic carbocycles. The van der Waals surface area contributed by atoms with Gasteiger partial charge in [-0.25, -0.2) is 4.79 Å². The van der Waals surface area contributed by atoms with Gasteiger partial charge in [-0.3, -0.25) is 4.99 Å². The molecule has 3 aromatic rings. The van der Waals surface area contributed by atoms with Crippen molar-refractivity contribution in [1.29, 1.82) is 0 Å². The van der Waals surface area contributed by atoms with E-state index in [0.29, 0.717) is 49.6 Å². The fourth-order valence-electron chi connectivity index (χ4n) is 6.44. The maximum Gasteiger partial charge on any atom is 0.328 e. The van der Waals surface area contributed by atoms with E-state index < -0.39 is 5.97 Å². The highest BCUT2D eigenvalue weighted by molar-refractivity contribution is 5.84. The van der Waals surface area contributed by atoms with Gasteiger partial charge in [-0.1, -0.05) is 73.0 Å². The Morgan fingerprint density at radius 2 is 1.83 bits per heavy atom. The summed E-state index contributed by atoms with van der Waals surface area (Å²) >= 11 is 0. The van der Waals surface area contributed by atoms with Crippen LogP contribution in [0.15, 0.2) is 77.4 Å². The number of hydrogen-bond acceptors (Lipinski definition) is 7. The molecule has 0 bridgehead atoms. The molecular formula is C36H49N6O4-. The second kappa shape index (κ2) is 18.1. The SMILES string of the molecule is NC1=NCC[C@H](/C(=C\C(=O)O)[C@@H](CC[C@@H](CCC[C@@H](N)CC[C@H](C=O)CCCO)c2ccc3ccccc3c2)[N-]c2ccc[nH]2)N1. The van der Waals surface area contributed by atoms with Crippen molar-refractivity contribution < 1.29 is 19.8 Å². The lowest BCUT2D eigenvalue weighted by Crippen LogP contribution is -2.46. The van der Waals surface area contributed by atoms with Crippen LogP contribution in [-0.2, 0) is 9.59 Å². The molecule has 248 valence electrons. The molecule has 5 atom stereocenters. The van der Waals surface area contributed by atoms with Crippen LogP contribution in [-0.4, -0.2) is 64.7 Å². The van der Waals surface area contributed by atoms with Gasteiger partial charge >= 0.3 is 5.97 Å². The Morgan fingerprint density at radius 3 is 2.54 bits per heavy atom. The van der Waals surface area contributed by atoms with Gasteiger partial charge in [0.15, 0.2) is 5.96 Å². The van der Waals surface area contributed by atoms with Crippen molar-refractivity contribution in [3.8, 4) is 0 Å². The van der Waals surface area contributed by atoms with E-state index in [1.807, 2.05) is 30.5 Å². The second-order valence-corrected chi connectivity index (χ2v) is 12.3. The number of aldehydes is 1. The molecule has 0 saturated carbocycles. The Kier molecular flexibility index (Phi) is 13.7. The number of aliphatic hydroxyl groups excluding tert-OH is 1. The monoisotopic (exact) mass is 629 g/mol. The summed E-state index contributed by atoms with van der Waals surface area (Å²) in [5.41, 5.74) is 14.4. The van der Waals surface area contributed by atoms with Crippen LogP contribution in [0.25, 0.3) is 16.1 Å². The molecule has 8 N–H and O–H groups in total. The zero-order chi connectivity index (χ0) is 32.7. The predicted octanol–water partition coefficient (Wildman–Crippen LogP) is 5.66. The fraction of sp³-hybridized carbons (Fsp3) is 0.472. The molecule has 1 aliphatic rings. The number of aliphatic carboxylic acids is 1. The quantitative estimate of drug-likeness (QED) is 0.0689. The number of nitrogens with one attached hydrogen (secondary N) is 2. The first-order valence-corrected chi connectivity index (χ1v) is 16.5. The van der Waals surface area contributed by atoms with Gasteiger partial charge in [-0.15, -0.1) is 0 Å². The van der Waals surface area contributed by atoms with E-state index in [1.54, 1.807) is 0 Å². The van der Waals surface area contributed by atoms with Crippen molar-refractivity contribution in [3.63, 3.8) is 0 Å². The Hall–Kier alpha value is -4.15. The van der Waals surface area contributed by atoms with Crippen LogP contribution in [0, 0.1) is 5.92 Å². The molecular weight excluding hydrogens is 580 g/mol. The number of aliphatic imine (C=N–C) groups is 1. The smallest absolute Gasteiger partial charge is 0.328 e. The molecule has 0 saturated heterocycles. The van der Waals surface area contributed by atoms with E-state index in [1.165, 1.54) is 22.4 Å². The minimum absolute atomic E-state index is 0.000872. The first kappa shape index (κ1) is 34.7. The first-order valence-electron chi connectivity index (χ1n) is 16.5. The zero-order valence-corrected chi connectivity index (χ0v) is 26.6. The standard InChI is InChI=1S/C36H49N6O4/c37-30(16-12-25(24-44)6-5-21-43)10-3-9-27(29-14-13-26-7-1-2-8-28(26)22-29)15-17-32(41-34-11-4-19-39-34)31(23-35(45)46)33-18-20-40-36(38)42-33/h1-2,4,7-8,11,13-14,19,22-25,27,30,32-33,39,43H,3,5-6,9-10,12,15-18,20-21,37H2,(H,45,46)(H3,38,40,42)/q-1/b31-23-/t25-,27-,30-,32-,33-/m1/s1. The molecule has 10 heteroatoms. The van der Waals surface area contributed by atoms with Gasteiger partial charge in [0.2, 0.25) is 0 Å². The highest BCUT2D eigenvalue weighted by atomic mass is 16.4. The highest BCUT2D eigenvalue weighted by Crippen LogP contribution is 2.35. The van der Waals surface area contributed by atoms with Crippen LogP contribution in [0.1, 0.15) is 75.7 Å². The van der Waals surface area contributed by atoms with Crippen molar-refractivity contribution in [3.05, 3.63) is 83.3 Å². The van der Waals surface area contributed by atoms with Crippen molar-refractivity contribution in [2.75, 3.05) is 13.2 Å². The zero-order valence-electron chi connectivity index (χ0n) is 26.6. The van der Waals surface area contributed by atoms with Gasteiger partial charge in [-0.2, -0.15) is 0 Å². The van der Waals surface area contributed by atoms with Crippen molar-refractivity contribution in [2.24, 2.45) is 22.4 Å². The lowest BCUT2D eigenvalue weighted by molar-refractivity contribution is -0.131. The summed E-state index contributed by atoms with van der Waals surface area (Å²) < 4.78 is 0. The Morgan fingerprint density at radius 1 is 1.00 bits per heavy atom. The topological polar surface area (TPSA) is 181 Å². The predicted molar refractivity (Wildman–Crippen MR) is 184 cm³/mol. The summed E-state index contributed by atoms with van der Waals surface area (Å²) in [5, 5.41) is 29.5. The van der Waals surface area contributed by atoms with Crippen LogP contribution in [0.5, 0.6) is 0 Å². The number of hydrogen-bond donors (Lipinski definition) is 6. The summed E-state index contributed by atoms with van der Waals surface area (Å²) in [4.78, 5) is 30.9. The Bertz CT molecular complexity index is 1440. The second-order valence-electron chi connectivity index (χ2n) is 12.3. The maximum atomic E-state index is 12.0. The first-order chi connectivity index (χ1) is 22.4. The number of benzene rings is 2. The van der Waals surface area contributed by atoms with Gasteiger partial charge in [0, 0.05) is 31.2 Å². The number of fused-ring (bicyclic) bond motifs is 1.